The SMILES string of the molecule is CCC(NC(C)C1CCN2OC(=O)C(=O)OC12)c1cccc(OC(C)C2(Cc3ccccc3)C=CCCC2)c1.O. The zero-order chi connectivity index (χ0) is 27.4. The van der Waals surface area contributed by atoms with Crippen LogP contribution in [0.15, 0.2) is 66.7 Å². The van der Waals surface area contributed by atoms with Crippen molar-refractivity contribution in [3.05, 3.63) is 77.9 Å². The van der Waals surface area contributed by atoms with E-state index in [1.165, 1.54) is 17.0 Å². The zero-order valence-electron chi connectivity index (χ0n) is 23.7. The number of hydrogen-bond donors (Lipinski definition) is 1. The van der Waals surface area contributed by atoms with Crippen LogP contribution in [0.1, 0.15) is 70.0 Å². The normalized spacial score (nSPS) is 26.6. The van der Waals surface area contributed by atoms with Gasteiger partial charge in [0.25, 0.3) is 0 Å². The van der Waals surface area contributed by atoms with Crippen molar-refractivity contribution in [2.24, 2.45) is 11.3 Å². The summed E-state index contributed by atoms with van der Waals surface area (Å²) in [6.45, 7) is 7.02. The number of esters is 1. The number of hydroxylamine groups is 2. The lowest BCUT2D eigenvalue weighted by Crippen LogP contribution is -2.50. The van der Waals surface area contributed by atoms with Gasteiger partial charge >= 0.3 is 11.9 Å². The summed E-state index contributed by atoms with van der Waals surface area (Å²) in [5.74, 6) is -0.968. The number of allylic oxidation sites excluding steroid dienone is 1. The summed E-state index contributed by atoms with van der Waals surface area (Å²) in [7, 11) is 0. The molecular formula is C32H42N2O6. The molecule has 0 spiro atoms. The Labute approximate surface area is 236 Å². The Balaban J connectivity index is 0.00000370. The maximum Gasteiger partial charge on any atom is 0.436 e. The van der Waals surface area contributed by atoms with Gasteiger partial charge in [0.2, 0.25) is 0 Å². The average molecular weight is 551 g/mol. The Kier molecular flexibility index (Phi) is 9.66. The van der Waals surface area contributed by atoms with Crippen molar-refractivity contribution < 1.29 is 29.4 Å². The van der Waals surface area contributed by atoms with Gasteiger partial charge in [0, 0.05) is 30.0 Å². The molecule has 0 amide bonds. The van der Waals surface area contributed by atoms with Gasteiger partial charge in [-0.15, -0.1) is 0 Å². The van der Waals surface area contributed by atoms with Crippen LogP contribution in [-0.2, 0) is 25.6 Å². The van der Waals surface area contributed by atoms with Crippen LogP contribution in [0, 0.1) is 11.3 Å². The highest BCUT2D eigenvalue weighted by Gasteiger charge is 2.47. The van der Waals surface area contributed by atoms with Gasteiger partial charge in [0.1, 0.15) is 11.9 Å². The second kappa shape index (κ2) is 13.0. The van der Waals surface area contributed by atoms with Crippen LogP contribution in [0.25, 0.3) is 0 Å². The summed E-state index contributed by atoms with van der Waals surface area (Å²) in [6, 6.07) is 19.2. The first kappa shape index (κ1) is 29.8. The first-order chi connectivity index (χ1) is 18.9. The summed E-state index contributed by atoms with van der Waals surface area (Å²) in [6.07, 6.45) is 10.2. The number of hydrogen-bond acceptors (Lipinski definition) is 7. The van der Waals surface area contributed by atoms with E-state index in [4.69, 9.17) is 14.3 Å². The summed E-state index contributed by atoms with van der Waals surface area (Å²) in [5.41, 5.74) is 2.45. The molecule has 0 saturated carbocycles. The minimum Gasteiger partial charge on any atom is -0.490 e. The highest BCUT2D eigenvalue weighted by atomic mass is 16.8. The molecule has 0 bridgehead atoms. The number of carbonyl (C=O) groups excluding carboxylic acids is 2. The van der Waals surface area contributed by atoms with Gasteiger partial charge in [0.15, 0.2) is 6.23 Å². The number of ether oxygens (including phenoxy) is 2. The van der Waals surface area contributed by atoms with E-state index in [0.717, 1.165) is 43.4 Å². The molecule has 0 radical (unpaired) electrons. The molecule has 2 heterocycles. The van der Waals surface area contributed by atoms with Crippen LogP contribution in [0.4, 0.5) is 0 Å². The lowest BCUT2D eigenvalue weighted by Gasteiger charge is -2.39. The number of nitrogens with zero attached hydrogens (tertiary/aromatic N) is 1. The second-order valence-corrected chi connectivity index (χ2v) is 11.2. The van der Waals surface area contributed by atoms with Gasteiger partial charge in [-0.3, -0.25) is 0 Å². The number of benzene rings is 2. The zero-order valence-corrected chi connectivity index (χ0v) is 23.7. The molecule has 8 nitrogen and oxygen atoms in total. The fourth-order valence-electron chi connectivity index (χ4n) is 6.37. The average Bonchev–Trinajstić information content (AvgIpc) is 3.35. The molecule has 2 fully saturated rings. The van der Waals surface area contributed by atoms with Crippen molar-refractivity contribution in [3.8, 4) is 5.75 Å². The van der Waals surface area contributed by atoms with E-state index in [0.29, 0.717) is 6.54 Å². The van der Waals surface area contributed by atoms with Gasteiger partial charge in [-0.05, 0) is 75.6 Å². The predicted octanol–water partition coefficient (Wildman–Crippen LogP) is 4.69. The fourth-order valence-corrected chi connectivity index (χ4v) is 6.37. The second-order valence-electron chi connectivity index (χ2n) is 11.2. The highest BCUT2D eigenvalue weighted by molar-refractivity contribution is 6.29. The molecular weight excluding hydrogens is 508 g/mol. The summed E-state index contributed by atoms with van der Waals surface area (Å²) in [4.78, 5) is 28.5. The summed E-state index contributed by atoms with van der Waals surface area (Å²) < 4.78 is 12.1. The Hall–Kier alpha value is -3.20. The monoisotopic (exact) mass is 550 g/mol. The topological polar surface area (TPSA) is 109 Å². The van der Waals surface area contributed by atoms with Gasteiger partial charge in [-0.1, -0.05) is 66.6 Å². The first-order valence-electron chi connectivity index (χ1n) is 14.3. The van der Waals surface area contributed by atoms with Crippen molar-refractivity contribution in [3.63, 3.8) is 0 Å². The predicted molar refractivity (Wildman–Crippen MR) is 152 cm³/mol. The largest absolute Gasteiger partial charge is 0.490 e. The molecule has 2 saturated heterocycles. The number of fused-ring (bicyclic) bond motifs is 1. The third-order valence-corrected chi connectivity index (χ3v) is 8.66. The third kappa shape index (κ3) is 6.40. The molecule has 0 aromatic heterocycles. The molecule has 3 N–H and O–H groups in total. The minimum absolute atomic E-state index is 0. The van der Waals surface area contributed by atoms with Crippen LogP contribution in [-0.4, -0.2) is 47.4 Å². The van der Waals surface area contributed by atoms with Crippen LogP contribution in [0.5, 0.6) is 5.75 Å². The van der Waals surface area contributed by atoms with Crippen molar-refractivity contribution in [2.75, 3.05) is 6.54 Å². The van der Waals surface area contributed by atoms with Gasteiger partial charge in [0.05, 0.1) is 0 Å². The van der Waals surface area contributed by atoms with Crippen molar-refractivity contribution >= 4 is 11.9 Å². The molecule has 8 heteroatoms. The molecule has 1 aliphatic carbocycles. The van der Waals surface area contributed by atoms with Crippen LogP contribution in [0.3, 0.4) is 0 Å². The van der Waals surface area contributed by atoms with Crippen LogP contribution < -0.4 is 10.1 Å². The maximum atomic E-state index is 11.8. The van der Waals surface area contributed by atoms with Gasteiger partial charge in [-0.2, -0.15) is 0 Å². The van der Waals surface area contributed by atoms with E-state index < -0.39 is 18.2 Å². The highest BCUT2D eigenvalue weighted by Crippen LogP contribution is 2.40. The maximum absolute atomic E-state index is 11.8. The molecule has 5 rings (SSSR count). The molecule has 40 heavy (non-hydrogen) atoms. The summed E-state index contributed by atoms with van der Waals surface area (Å²) in [5, 5.41) is 5.24. The lowest BCUT2D eigenvalue weighted by molar-refractivity contribution is -0.260. The Morgan fingerprint density at radius 3 is 2.62 bits per heavy atom. The molecule has 6 atom stereocenters. The molecule has 2 aromatic rings. The molecule has 6 unspecified atom stereocenters. The fraction of sp³-hybridized carbons (Fsp3) is 0.500. The lowest BCUT2D eigenvalue weighted by atomic mass is 9.71. The Morgan fingerprint density at radius 1 is 1.10 bits per heavy atom. The summed E-state index contributed by atoms with van der Waals surface area (Å²) >= 11 is 0. The smallest absolute Gasteiger partial charge is 0.436 e. The minimum atomic E-state index is -0.945. The van der Waals surface area contributed by atoms with Gasteiger partial charge in [-0.25, -0.2) is 9.59 Å². The van der Waals surface area contributed by atoms with E-state index in [-0.39, 0.29) is 35.0 Å². The molecule has 216 valence electrons. The van der Waals surface area contributed by atoms with E-state index in [1.54, 1.807) is 0 Å². The first-order valence-corrected chi connectivity index (χ1v) is 14.3. The molecule has 2 aliphatic heterocycles. The van der Waals surface area contributed by atoms with E-state index in [9.17, 15) is 9.59 Å². The number of nitrogens with one attached hydrogen (secondary N) is 1. The van der Waals surface area contributed by atoms with Crippen molar-refractivity contribution in [2.45, 2.75) is 83.7 Å². The Bertz CT molecular complexity index is 1190. The van der Waals surface area contributed by atoms with E-state index >= 15 is 0 Å². The van der Waals surface area contributed by atoms with Crippen molar-refractivity contribution in [1.29, 1.82) is 0 Å². The van der Waals surface area contributed by atoms with E-state index in [1.807, 2.05) is 6.07 Å². The quantitative estimate of drug-likeness (QED) is 0.260. The molecule has 3 aliphatic rings. The third-order valence-electron chi connectivity index (χ3n) is 8.66. The van der Waals surface area contributed by atoms with Crippen LogP contribution in [0.2, 0.25) is 0 Å². The van der Waals surface area contributed by atoms with Crippen LogP contribution >= 0.6 is 0 Å². The number of rotatable bonds is 10. The van der Waals surface area contributed by atoms with Gasteiger partial charge < -0.3 is 25.1 Å². The van der Waals surface area contributed by atoms with Crippen molar-refractivity contribution in [1.82, 2.24) is 10.4 Å². The standard InChI is InChI=1S/C32H40N2O5.H2O/c1-4-28(33-22(2)27-16-19-34-29(27)38-30(35)31(36)39-34)25-14-11-15-26(20-25)37-23(3)32(17-9-6-10-18-32)21-24-12-7-5-8-13-24;/h5,7-9,11-15,17,20,22-23,27-29,33H,4,6,10,16,18-19,21H2,1-3H3;1H2. The number of carbonyl (C=O) groups is 2. The Morgan fingerprint density at radius 2 is 1.90 bits per heavy atom. The molecule has 2 aromatic carbocycles. The van der Waals surface area contributed by atoms with E-state index in [2.05, 4.69) is 86.8 Å².